The Bertz CT molecular complexity index is 1420. The molecule has 2 atom stereocenters. The van der Waals surface area contributed by atoms with Crippen LogP contribution in [0.1, 0.15) is 42.7 Å². The lowest BCUT2D eigenvalue weighted by molar-refractivity contribution is -0.141. The van der Waals surface area contributed by atoms with E-state index in [-0.39, 0.29) is 38.1 Å². The summed E-state index contributed by atoms with van der Waals surface area (Å²) in [6, 6.07) is 15.7. The van der Waals surface area contributed by atoms with Gasteiger partial charge in [0.2, 0.25) is 0 Å². The number of carbonyl (C=O) groups is 2. The van der Waals surface area contributed by atoms with Crippen LogP contribution in [-0.2, 0) is 19.1 Å². The highest BCUT2D eigenvalue weighted by atomic mass is 16.6. The summed E-state index contributed by atoms with van der Waals surface area (Å²) in [5.74, 6) is -0.345. The fourth-order valence-corrected chi connectivity index (χ4v) is 5.64. The molecule has 0 bridgehead atoms. The predicted molar refractivity (Wildman–Crippen MR) is 143 cm³/mol. The number of hydrogen-bond acceptors (Lipinski definition) is 7. The van der Waals surface area contributed by atoms with E-state index in [0.717, 1.165) is 33.5 Å². The molecule has 0 spiro atoms. The molecule has 0 saturated heterocycles. The molecule has 1 aromatic heterocycles. The minimum Gasteiger partial charge on any atom is -0.496 e. The van der Waals surface area contributed by atoms with Gasteiger partial charge in [-0.05, 0) is 42.7 Å². The van der Waals surface area contributed by atoms with Gasteiger partial charge in [-0.3, -0.25) is 4.79 Å². The molecule has 5 rings (SSSR count). The van der Waals surface area contributed by atoms with E-state index in [2.05, 4.69) is 10.3 Å². The van der Waals surface area contributed by atoms with Gasteiger partial charge in [-0.2, -0.15) is 0 Å². The van der Waals surface area contributed by atoms with Gasteiger partial charge in [-0.1, -0.05) is 30.3 Å². The van der Waals surface area contributed by atoms with E-state index in [1.165, 1.54) is 0 Å². The number of H-pyrrole nitrogens is 1. The summed E-state index contributed by atoms with van der Waals surface area (Å²) in [5.41, 5.74) is 5.33. The van der Waals surface area contributed by atoms with Crippen LogP contribution in [0.2, 0.25) is 0 Å². The van der Waals surface area contributed by atoms with Crippen molar-refractivity contribution in [2.75, 3.05) is 33.5 Å². The molecule has 0 amide bonds. The van der Waals surface area contributed by atoms with E-state index < -0.39 is 11.9 Å². The number of Topliss-reactive ketones (excluding diaryl/α,β-unsaturated/α-hetero) is 1. The topological polar surface area (TPSA) is 110 Å². The highest BCUT2D eigenvalue weighted by Crippen LogP contribution is 2.48. The maximum atomic E-state index is 13.9. The first-order chi connectivity index (χ1) is 18.5. The van der Waals surface area contributed by atoms with Gasteiger partial charge in [0, 0.05) is 52.3 Å². The fraction of sp³-hybridized carbons (Fsp3) is 0.333. The number of para-hydroxylation sites is 1. The Hall–Kier alpha value is -3.88. The number of benzene rings is 2. The number of aliphatic hydroxyl groups excluding tert-OH is 1. The zero-order chi connectivity index (χ0) is 26.6. The number of allylic oxidation sites excluding steroid dienone is 3. The van der Waals surface area contributed by atoms with Crippen LogP contribution in [0.4, 0.5) is 0 Å². The molecule has 3 aromatic rings. The van der Waals surface area contributed by atoms with Crippen molar-refractivity contribution in [3.05, 3.63) is 88.4 Å². The molecule has 2 aliphatic rings. The number of aromatic amines is 1. The number of fused-ring (bicyclic) bond motifs is 1. The highest BCUT2D eigenvalue weighted by Gasteiger charge is 2.42. The van der Waals surface area contributed by atoms with E-state index in [1.54, 1.807) is 7.11 Å². The van der Waals surface area contributed by atoms with Crippen LogP contribution in [0, 0.1) is 0 Å². The molecule has 0 saturated carbocycles. The minimum atomic E-state index is -0.567. The Kier molecular flexibility index (Phi) is 7.62. The van der Waals surface area contributed by atoms with Gasteiger partial charge in [0.25, 0.3) is 0 Å². The van der Waals surface area contributed by atoms with Gasteiger partial charge in [0.15, 0.2) is 5.78 Å². The van der Waals surface area contributed by atoms with Crippen LogP contribution < -0.4 is 10.1 Å². The van der Waals surface area contributed by atoms with Crippen molar-refractivity contribution in [3.63, 3.8) is 0 Å². The van der Waals surface area contributed by atoms with Crippen LogP contribution >= 0.6 is 0 Å². The number of aliphatic hydroxyl groups is 1. The lowest BCUT2D eigenvalue weighted by atomic mass is 9.71. The zero-order valence-electron chi connectivity index (χ0n) is 21.6. The van der Waals surface area contributed by atoms with E-state index in [1.807, 2.05) is 61.7 Å². The van der Waals surface area contributed by atoms with Crippen molar-refractivity contribution in [1.82, 2.24) is 10.3 Å². The number of nitrogens with one attached hydrogen (secondary N) is 2. The lowest BCUT2D eigenvalue weighted by Gasteiger charge is -2.37. The van der Waals surface area contributed by atoms with Gasteiger partial charge in [-0.15, -0.1) is 0 Å². The highest BCUT2D eigenvalue weighted by molar-refractivity contribution is 6.05. The van der Waals surface area contributed by atoms with Gasteiger partial charge < -0.3 is 29.6 Å². The average molecular weight is 517 g/mol. The number of ketones is 1. The Labute approximate surface area is 221 Å². The second kappa shape index (κ2) is 11.2. The lowest BCUT2D eigenvalue weighted by Crippen LogP contribution is -2.36. The molecule has 198 valence electrons. The largest absolute Gasteiger partial charge is 0.496 e. The second-order valence-electron chi connectivity index (χ2n) is 9.52. The van der Waals surface area contributed by atoms with Crippen LogP contribution in [0.25, 0.3) is 10.9 Å². The second-order valence-corrected chi connectivity index (χ2v) is 9.52. The normalized spacial score (nSPS) is 19.4. The number of hydrogen-bond donors (Lipinski definition) is 3. The van der Waals surface area contributed by atoms with Crippen LogP contribution in [0.3, 0.4) is 0 Å². The van der Waals surface area contributed by atoms with Gasteiger partial charge >= 0.3 is 5.97 Å². The van der Waals surface area contributed by atoms with Crippen molar-refractivity contribution < 1.29 is 28.9 Å². The van der Waals surface area contributed by atoms with Crippen molar-refractivity contribution in [2.24, 2.45) is 0 Å². The van der Waals surface area contributed by atoms with E-state index >= 15 is 0 Å². The molecule has 2 aromatic carbocycles. The molecule has 38 heavy (non-hydrogen) atoms. The summed E-state index contributed by atoms with van der Waals surface area (Å²) in [4.78, 5) is 30.6. The van der Waals surface area contributed by atoms with Crippen molar-refractivity contribution in [3.8, 4) is 5.75 Å². The molecule has 8 heteroatoms. The third-order valence-corrected chi connectivity index (χ3v) is 7.26. The molecule has 1 aliphatic heterocycles. The number of ether oxygens (including phenoxy) is 3. The summed E-state index contributed by atoms with van der Waals surface area (Å²) in [6.07, 6.45) is 2.80. The number of aromatic nitrogens is 1. The van der Waals surface area contributed by atoms with Gasteiger partial charge in [0.1, 0.15) is 12.4 Å². The first kappa shape index (κ1) is 25.8. The molecule has 3 N–H and O–H groups in total. The van der Waals surface area contributed by atoms with Gasteiger partial charge in [0.05, 0.1) is 32.5 Å². The third kappa shape index (κ3) is 4.85. The molecule has 2 heterocycles. The number of esters is 1. The zero-order valence-corrected chi connectivity index (χ0v) is 21.6. The Balaban J connectivity index is 1.55. The van der Waals surface area contributed by atoms with Crippen molar-refractivity contribution in [1.29, 1.82) is 0 Å². The molecule has 0 radical (unpaired) electrons. The first-order valence-corrected chi connectivity index (χ1v) is 12.8. The number of carbonyl (C=O) groups excluding carboxylic acids is 2. The minimum absolute atomic E-state index is 0.00345. The number of dihydropyridines is 1. The summed E-state index contributed by atoms with van der Waals surface area (Å²) >= 11 is 0. The number of methoxy groups -OCH3 is 1. The van der Waals surface area contributed by atoms with Crippen molar-refractivity contribution >= 4 is 22.7 Å². The van der Waals surface area contributed by atoms with Crippen LogP contribution in [0.5, 0.6) is 5.75 Å². The van der Waals surface area contributed by atoms with E-state index in [0.29, 0.717) is 29.7 Å². The van der Waals surface area contributed by atoms with E-state index in [4.69, 9.17) is 19.3 Å². The Morgan fingerprint density at radius 2 is 1.84 bits per heavy atom. The summed E-state index contributed by atoms with van der Waals surface area (Å²) in [6.45, 7) is 2.16. The fourth-order valence-electron chi connectivity index (χ4n) is 5.64. The Morgan fingerprint density at radius 1 is 1.03 bits per heavy atom. The summed E-state index contributed by atoms with van der Waals surface area (Å²) in [7, 11) is 1.64. The summed E-state index contributed by atoms with van der Waals surface area (Å²) < 4.78 is 16.4. The quantitative estimate of drug-likeness (QED) is 0.290. The van der Waals surface area contributed by atoms with Crippen LogP contribution in [-0.4, -0.2) is 55.4 Å². The Morgan fingerprint density at radius 3 is 2.66 bits per heavy atom. The molecule has 0 fully saturated rings. The van der Waals surface area contributed by atoms with Crippen LogP contribution in [0.15, 0.2) is 77.3 Å². The van der Waals surface area contributed by atoms with Crippen molar-refractivity contribution in [2.45, 2.75) is 31.6 Å². The standard InChI is InChI=1S/C30H32N2O6/c1-18-27(30(35)38-15-14-37-13-12-33)28(22-7-5-8-23-21(22)10-11-31-23)29-24(32-18)16-19(17-25(29)34)20-6-3-4-9-26(20)36-2/h3-11,19,28,31-33H,12-17H2,1-2H3/t19-,28?/m1/s1. The molecule has 1 aliphatic carbocycles. The molecular weight excluding hydrogens is 484 g/mol. The number of rotatable bonds is 9. The van der Waals surface area contributed by atoms with E-state index in [9.17, 15) is 9.59 Å². The average Bonchev–Trinajstić information content (AvgIpc) is 3.41. The predicted octanol–water partition coefficient (Wildman–Crippen LogP) is 4.09. The molecule has 8 nitrogen and oxygen atoms in total. The smallest absolute Gasteiger partial charge is 0.336 e. The maximum absolute atomic E-state index is 13.9. The summed E-state index contributed by atoms with van der Waals surface area (Å²) in [5, 5.41) is 13.3. The molecule has 1 unspecified atom stereocenters. The maximum Gasteiger partial charge on any atom is 0.336 e. The monoisotopic (exact) mass is 516 g/mol. The first-order valence-electron chi connectivity index (χ1n) is 12.8. The molecular formula is C30H32N2O6. The third-order valence-electron chi connectivity index (χ3n) is 7.26. The SMILES string of the molecule is COc1ccccc1[C@H]1CC(=O)C2=C(C1)NC(C)=C(C(=O)OCCOCCO)C2c1cccc2[nH]ccc12. The van der Waals surface area contributed by atoms with Gasteiger partial charge in [-0.25, -0.2) is 4.79 Å².